The van der Waals surface area contributed by atoms with Gasteiger partial charge in [0.05, 0.1) is 14.7 Å². The summed E-state index contributed by atoms with van der Waals surface area (Å²) in [6, 6.07) is 22.2. The van der Waals surface area contributed by atoms with Gasteiger partial charge < -0.3 is 0 Å². The maximum absolute atomic E-state index is 12.8. The molecule has 0 amide bonds. The van der Waals surface area contributed by atoms with E-state index in [-0.39, 0.29) is 26.9 Å². The van der Waals surface area contributed by atoms with Crippen LogP contribution in [0.1, 0.15) is 0 Å². The normalized spacial score (nSPS) is 11.8. The first-order valence-electron chi connectivity index (χ1n) is 9.53. The number of hydrogen-bond acceptors (Lipinski definition) is 6. The Kier molecular flexibility index (Phi) is 5.75. The van der Waals surface area contributed by atoms with Crippen molar-refractivity contribution in [3.05, 3.63) is 101 Å². The maximum Gasteiger partial charge on any atom is 0.269 e. The van der Waals surface area contributed by atoms with Crippen LogP contribution in [0, 0.1) is 10.1 Å². The van der Waals surface area contributed by atoms with Crippen LogP contribution in [0.2, 0.25) is 0 Å². The number of benzene rings is 4. The van der Waals surface area contributed by atoms with Gasteiger partial charge in [-0.1, -0.05) is 30.3 Å². The van der Waals surface area contributed by atoms with Crippen molar-refractivity contribution in [3.8, 4) is 0 Å². The fourth-order valence-electron chi connectivity index (χ4n) is 3.12. The minimum Gasteiger partial charge on any atom is -0.280 e. The fraction of sp³-hybridized carbons (Fsp3) is 0. The van der Waals surface area contributed by atoms with Gasteiger partial charge in [0.25, 0.3) is 25.7 Å². The van der Waals surface area contributed by atoms with Crippen LogP contribution in [-0.4, -0.2) is 21.8 Å². The molecule has 2 N–H and O–H groups in total. The van der Waals surface area contributed by atoms with Gasteiger partial charge in [-0.15, -0.1) is 0 Å². The van der Waals surface area contributed by atoms with Crippen LogP contribution in [0.25, 0.3) is 10.8 Å². The van der Waals surface area contributed by atoms with Crippen molar-refractivity contribution in [1.82, 2.24) is 0 Å². The Morgan fingerprint density at radius 2 is 1.09 bits per heavy atom. The molecule has 0 aliphatic heterocycles. The summed E-state index contributed by atoms with van der Waals surface area (Å²) in [4.78, 5) is 10.1. The topological polar surface area (TPSA) is 135 Å². The van der Waals surface area contributed by atoms with Crippen LogP contribution in [-0.2, 0) is 20.0 Å². The molecule has 0 aromatic heterocycles. The Labute approximate surface area is 190 Å². The summed E-state index contributed by atoms with van der Waals surface area (Å²) in [5.74, 6) is 0. The molecule has 11 heteroatoms. The van der Waals surface area contributed by atoms with Crippen molar-refractivity contribution >= 4 is 47.9 Å². The maximum atomic E-state index is 12.8. The number of nitro benzene ring substituents is 1. The van der Waals surface area contributed by atoms with E-state index >= 15 is 0 Å². The molecule has 0 atom stereocenters. The van der Waals surface area contributed by atoms with Gasteiger partial charge in [-0.25, -0.2) is 16.8 Å². The number of nitrogens with one attached hydrogen (secondary N) is 2. The van der Waals surface area contributed by atoms with Gasteiger partial charge in [-0.3, -0.25) is 19.6 Å². The van der Waals surface area contributed by atoms with Crippen molar-refractivity contribution in [3.63, 3.8) is 0 Å². The minimum absolute atomic E-state index is 0.0812. The third-order valence-corrected chi connectivity index (χ3v) is 7.55. The molecule has 0 unspecified atom stereocenters. The molecule has 4 aromatic carbocycles. The summed E-state index contributed by atoms with van der Waals surface area (Å²) in [5, 5.41) is 12.4. The largest absolute Gasteiger partial charge is 0.280 e. The molecule has 0 saturated carbocycles. The van der Waals surface area contributed by atoms with E-state index < -0.39 is 25.0 Å². The minimum atomic E-state index is -3.98. The van der Waals surface area contributed by atoms with E-state index in [0.29, 0.717) is 0 Å². The number of nitrogens with zero attached hydrogens (tertiary/aromatic N) is 1. The number of non-ortho nitro benzene ring substituents is 1. The third-order valence-electron chi connectivity index (χ3n) is 4.78. The average molecular weight is 484 g/mol. The number of fused-ring (bicyclic) bond motifs is 1. The molecule has 168 valence electrons. The van der Waals surface area contributed by atoms with Gasteiger partial charge in [0.15, 0.2) is 0 Å². The molecule has 0 spiro atoms. The number of rotatable bonds is 7. The molecule has 0 fully saturated rings. The molecule has 0 heterocycles. The standard InChI is InChI=1S/C22H17N3O6S2/c26-25(27)20-10-6-18(7-11-20)23-32(28,29)21-13-8-19(9-14-21)24-33(30,31)22-12-5-16-3-1-2-4-17(16)15-22/h1-15,23-24H. The first-order valence-corrected chi connectivity index (χ1v) is 12.5. The Balaban J connectivity index is 1.51. The number of hydrogen-bond donors (Lipinski definition) is 2. The van der Waals surface area contributed by atoms with Crippen molar-refractivity contribution in [2.75, 3.05) is 9.44 Å². The molecule has 4 rings (SSSR count). The zero-order valence-electron chi connectivity index (χ0n) is 16.9. The number of sulfonamides is 2. The fourth-order valence-corrected chi connectivity index (χ4v) is 5.27. The Morgan fingerprint density at radius 3 is 1.67 bits per heavy atom. The lowest BCUT2D eigenvalue weighted by atomic mass is 10.1. The zero-order chi connectivity index (χ0) is 23.6. The highest BCUT2D eigenvalue weighted by atomic mass is 32.2. The van der Waals surface area contributed by atoms with E-state index in [4.69, 9.17) is 0 Å². The lowest BCUT2D eigenvalue weighted by Gasteiger charge is -2.11. The van der Waals surface area contributed by atoms with Gasteiger partial charge in [-0.2, -0.15) is 0 Å². The van der Waals surface area contributed by atoms with Gasteiger partial charge in [0, 0.05) is 23.5 Å². The van der Waals surface area contributed by atoms with E-state index in [1.165, 1.54) is 54.6 Å². The smallest absolute Gasteiger partial charge is 0.269 e. The van der Waals surface area contributed by atoms with Crippen molar-refractivity contribution in [2.24, 2.45) is 0 Å². The summed E-state index contributed by atoms with van der Waals surface area (Å²) in [6.45, 7) is 0. The predicted molar refractivity (Wildman–Crippen MR) is 125 cm³/mol. The van der Waals surface area contributed by atoms with Gasteiger partial charge >= 0.3 is 0 Å². The first kappa shape index (κ1) is 22.2. The zero-order valence-corrected chi connectivity index (χ0v) is 18.5. The number of nitro groups is 1. The van der Waals surface area contributed by atoms with Crippen LogP contribution >= 0.6 is 0 Å². The first-order chi connectivity index (χ1) is 15.6. The lowest BCUT2D eigenvalue weighted by molar-refractivity contribution is -0.384. The molecule has 0 aliphatic carbocycles. The second-order valence-corrected chi connectivity index (χ2v) is 10.4. The second-order valence-electron chi connectivity index (χ2n) is 7.05. The Morgan fingerprint density at radius 1 is 0.606 bits per heavy atom. The average Bonchev–Trinajstić information content (AvgIpc) is 2.79. The van der Waals surface area contributed by atoms with Crippen molar-refractivity contribution in [1.29, 1.82) is 0 Å². The van der Waals surface area contributed by atoms with Gasteiger partial charge in [-0.05, 0) is 59.3 Å². The molecule has 0 bridgehead atoms. The third kappa shape index (κ3) is 4.94. The SMILES string of the molecule is O=[N+]([O-])c1ccc(NS(=O)(=O)c2ccc(NS(=O)(=O)c3ccc4ccccc4c3)cc2)cc1. The molecule has 33 heavy (non-hydrogen) atoms. The second kappa shape index (κ2) is 8.52. The van der Waals surface area contributed by atoms with Crippen LogP contribution in [0.4, 0.5) is 17.1 Å². The highest BCUT2D eigenvalue weighted by Crippen LogP contribution is 2.24. The van der Waals surface area contributed by atoms with Crippen molar-refractivity contribution < 1.29 is 21.8 Å². The summed E-state index contributed by atoms with van der Waals surface area (Å²) in [5.41, 5.74) is 0.181. The molecule has 0 saturated heterocycles. The van der Waals surface area contributed by atoms with Crippen LogP contribution < -0.4 is 9.44 Å². The summed E-state index contributed by atoms with van der Waals surface area (Å²) in [6.07, 6.45) is 0. The number of anilines is 2. The summed E-state index contributed by atoms with van der Waals surface area (Å²) >= 11 is 0. The van der Waals surface area contributed by atoms with E-state index in [1.807, 2.05) is 24.3 Å². The molecule has 9 nitrogen and oxygen atoms in total. The molecule has 0 radical (unpaired) electrons. The van der Waals surface area contributed by atoms with Crippen LogP contribution in [0.15, 0.2) is 101 Å². The highest BCUT2D eigenvalue weighted by Gasteiger charge is 2.18. The van der Waals surface area contributed by atoms with Crippen LogP contribution in [0.5, 0.6) is 0 Å². The van der Waals surface area contributed by atoms with Crippen LogP contribution in [0.3, 0.4) is 0 Å². The molecule has 0 aliphatic rings. The van der Waals surface area contributed by atoms with Crippen molar-refractivity contribution in [2.45, 2.75) is 9.79 Å². The van der Waals surface area contributed by atoms with E-state index in [2.05, 4.69) is 9.44 Å². The summed E-state index contributed by atoms with van der Waals surface area (Å²) in [7, 11) is -7.86. The predicted octanol–water partition coefficient (Wildman–Crippen LogP) is 4.35. The summed E-state index contributed by atoms with van der Waals surface area (Å²) < 4.78 is 55.4. The quantitative estimate of drug-likeness (QED) is 0.296. The van der Waals surface area contributed by atoms with E-state index in [9.17, 15) is 26.9 Å². The monoisotopic (exact) mass is 483 g/mol. The Bertz CT molecular complexity index is 1550. The van der Waals surface area contributed by atoms with Gasteiger partial charge in [0.2, 0.25) is 0 Å². The molecule has 4 aromatic rings. The lowest BCUT2D eigenvalue weighted by Crippen LogP contribution is -2.14. The van der Waals surface area contributed by atoms with Gasteiger partial charge in [0.1, 0.15) is 0 Å². The van der Waals surface area contributed by atoms with E-state index in [0.717, 1.165) is 10.8 Å². The van der Waals surface area contributed by atoms with E-state index in [1.54, 1.807) is 12.1 Å². The molecular weight excluding hydrogens is 466 g/mol. The highest BCUT2D eigenvalue weighted by molar-refractivity contribution is 7.93. The molecular formula is C22H17N3O6S2. The Hall–Kier alpha value is -3.96.